The maximum Gasteiger partial charge on any atom is 0.394 e. The minimum absolute atomic E-state index is 0. The summed E-state index contributed by atoms with van der Waals surface area (Å²) in [5, 5.41) is 28.7. The maximum atomic E-state index is 13.5. The number of nitrogens with zero attached hydrogens (tertiary/aromatic N) is 2. The third kappa shape index (κ3) is 21.7. The van der Waals surface area contributed by atoms with Crippen LogP contribution in [0, 0.1) is 70.3 Å². The Bertz CT molecular complexity index is 4430. The van der Waals surface area contributed by atoms with Gasteiger partial charge < -0.3 is 10.2 Å². The second-order valence-electron chi connectivity index (χ2n) is 32.8. The molecule has 106 heavy (non-hydrogen) atoms. The first-order chi connectivity index (χ1) is 48.4. The van der Waals surface area contributed by atoms with Gasteiger partial charge in [-0.25, -0.2) is 0 Å². The maximum absolute atomic E-state index is 13.5. The van der Waals surface area contributed by atoms with Crippen LogP contribution >= 0.6 is 22.7 Å². The van der Waals surface area contributed by atoms with E-state index in [4.69, 9.17) is 9.97 Å². The summed E-state index contributed by atoms with van der Waals surface area (Å²) < 4.78 is 84.8. The summed E-state index contributed by atoms with van der Waals surface area (Å²) in [5.41, 5.74) is 3.75. The fraction of sp³-hybridized carbons (Fsp3) is 0.467. The molecule has 6 nitrogen and oxygen atoms in total. The van der Waals surface area contributed by atoms with Crippen LogP contribution in [0.4, 0.5) is 26.3 Å². The van der Waals surface area contributed by atoms with E-state index >= 15 is 0 Å². The smallest absolute Gasteiger partial charge is 0.394 e. The third-order valence-corrected chi connectivity index (χ3v) is 22.7. The molecule has 0 spiro atoms. The monoisotopic (exact) mass is 1850 g/mol. The van der Waals surface area contributed by atoms with Gasteiger partial charge in [-0.05, 0) is 130 Å². The number of hydrogen-bond donors (Lipinski definition) is 2. The zero-order chi connectivity index (χ0) is 77.5. The van der Waals surface area contributed by atoms with E-state index < -0.39 is 23.2 Å². The summed E-state index contributed by atoms with van der Waals surface area (Å²) in [7, 11) is 0. The molecule has 0 saturated carbocycles. The number of benzene rings is 6. The van der Waals surface area contributed by atoms with Crippen molar-refractivity contribution in [1.29, 1.82) is 0 Å². The van der Waals surface area contributed by atoms with Gasteiger partial charge >= 0.3 is 12.4 Å². The number of allylic oxidation sites excluding steroid dienone is 4. The molecule has 0 aliphatic rings. The minimum Gasteiger partial charge on any atom is -0.512 e. The topological polar surface area (TPSA) is 100 Å². The molecule has 4 aromatic heterocycles. The van der Waals surface area contributed by atoms with E-state index in [-0.39, 0.29) is 111 Å². The van der Waals surface area contributed by atoms with Crippen LogP contribution in [0.15, 0.2) is 145 Å². The number of thiophene rings is 2. The molecule has 0 amide bonds. The van der Waals surface area contributed by atoms with Gasteiger partial charge in [0.1, 0.15) is 0 Å². The second-order valence-corrected chi connectivity index (χ2v) is 34.9. The van der Waals surface area contributed by atoms with E-state index in [1.54, 1.807) is 22.7 Å². The number of alkyl halides is 6. The van der Waals surface area contributed by atoms with Crippen molar-refractivity contribution in [3.8, 4) is 22.5 Å². The summed E-state index contributed by atoms with van der Waals surface area (Å²) in [6, 6.07) is 43.4. The van der Waals surface area contributed by atoms with Gasteiger partial charge in [-0.2, -0.15) is 26.3 Å². The number of aromatic nitrogens is 2. The van der Waals surface area contributed by atoms with E-state index in [1.165, 1.54) is 61.7 Å². The van der Waals surface area contributed by atoms with Crippen LogP contribution in [0.2, 0.25) is 0 Å². The van der Waals surface area contributed by atoms with E-state index in [1.807, 2.05) is 113 Å². The van der Waals surface area contributed by atoms with Crippen molar-refractivity contribution in [3.05, 3.63) is 180 Å². The van der Waals surface area contributed by atoms with Crippen LogP contribution < -0.4 is 0 Å². The van der Waals surface area contributed by atoms with Crippen molar-refractivity contribution >= 4 is 96.1 Å². The number of hydrogen-bond acceptors (Lipinski definition) is 8. The van der Waals surface area contributed by atoms with Gasteiger partial charge in [-0.15, -0.1) is 81.0 Å². The molecule has 0 aliphatic heterocycles. The normalized spacial score (nSPS) is 13.0. The number of ketones is 2. The summed E-state index contributed by atoms with van der Waals surface area (Å²) in [6.45, 7) is 42.9. The predicted octanol–water partition coefficient (Wildman–Crippen LogP) is 27.7. The van der Waals surface area contributed by atoms with E-state index in [9.17, 15) is 46.1 Å². The number of aliphatic hydroxyl groups excluding tert-OH is 2. The number of pyridine rings is 2. The first-order valence-electron chi connectivity index (χ1n) is 36.9. The molecular formula is C90H110F6Ir2N2O4S2-2. The van der Waals surface area contributed by atoms with E-state index in [0.717, 1.165) is 99.3 Å². The molecule has 16 heteroatoms. The summed E-state index contributed by atoms with van der Waals surface area (Å²) >= 11 is 3.17. The van der Waals surface area contributed by atoms with Gasteiger partial charge in [-0.3, -0.25) is 19.6 Å². The van der Waals surface area contributed by atoms with E-state index in [2.05, 4.69) is 145 Å². The SMILES string of the molecule is CC(C)(C)c1cc(-c2nccc3c2sc2cc(CC(C)(C)C(F)(F)F)ccc23)[c-]c2ccccc12.CC(C)(C)c1cc(-c2nccc3c2sc2cc(CC(C)(C)C(F)(F)F)ccc23)[c-]c2ccccc12.CC(C)C(C(=O)C=C(O)C(C(C)C)C(C)C)C(C)C.CCC(CC)C(=O)C=C(O)C(CC)CC.[Ir].[Ir]. The fourth-order valence-corrected chi connectivity index (χ4v) is 16.8. The van der Waals surface area contributed by atoms with Crippen LogP contribution in [0.25, 0.3) is 84.4 Å². The van der Waals surface area contributed by atoms with Crippen LogP contribution in [0.5, 0.6) is 0 Å². The average molecular weight is 1850 g/mol. The Morgan fingerprint density at radius 3 is 1.12 bits per heavy atom. The van der Waals surface area contributed by atoms with Gasteiger partial charge in [0.15, 0.2) is 11.6 Å². The zero-order valence-corrected chi connectivity index (χ0v) is 72.3. The Kier molecular flexibility index (Phi) is 31.6. The molecule has 2 N–H and O–H groups in total. The Labute approximate surface area is 661 Å². The van der Waals surface area contributed by atoms with Gasteiger partial charge in [0.05, 0.1) is 22.3 Å². The number of fused-ring (bicyclic) bond motifs is 8. The summed E-state index contributed by atoms with van der Waals surface area (Å²) in [4.78, 5) is 33.6. The molecule has 4 heterocycles. The number of aliphatic hydroxyl groups is 2. The van der Waals surface area contributed by atoms with Crippen molar-refractivity contribution in [2.75, 3.05) is 0 Å². The van der Waals surface area contributed by atoms with Crippen molar-refractivity contribution in [2.24, 2.45) is 58.2 Å². The number of rotatable bonds is 20. The third-order valence-electron chi connectivity index (χ3n) is 20.3. The van der Waals surface area contributed by atoms with E-state index in [0.29, 0.717) is 34.8 Å². The molecular weight excluding hydrogens is 1740 g/mol. The molecule has 0 unspecified atom stereocenters. The average Bonchev–Trinajstić information content (AvgIpc) is 1.38. The molecule has 2 radical (unpaired) electrons. The predicted molar refractivity (Wildman–Crippen MR) is 428 cm³/mol. The van der Waals surface area contributed by atoms with Gasteiger partial charge in [0, 0.05) is 119 Å². The molecule has 0 fully saturated rings. The first-order valence-corrected chi connectivity index (χ1v) is 38.6. The van der Waals surface area contributed by atoms with Gasteiger partial charge in [-0.1, -0.05) is 235 Å². The van der Waals surface area contributed by atoms with Crippen LogP contribution in [0.1, 0.15) is 200 Å². The Hall–Kier alpha value is -6.12. The Balaban J connectivity index is 0.000000268. The van der Waals surface area contributed by atoms with Crippen LogP contribution in [-0.2, 0) is 73.5 Å². The Morgan fingerprint density at radius 1 is 0.443 bits per heavy atom. The first kappa shape index (κ1) is 90.5. The number of carbonyl (C=O) groups is 2. The molecule has 6 aromatic carbocycles. The van der Waals surface area contributed by atoms with Crippen LogP contribution in [0.3, 0.4) is 0 Å². The van der Waals surface area contributed by atoms with Crippen LogP contribution in [-0.4, -0.2) is 44.1 Å². The standard InChI is InChI=1S/2C30H27F3NS.C17H32O2.C13H24O2.2Ir/c2*1-28(2,3)24-16-20(15-19-8-6-7-9-21(19)24)26-27-23(12-13-34-26)22-11-10-18(14-25(22)35-27)17-29(4,5)30(31,32)33;1-10(2)16(11(3)4)14(18)9-15(19)17(12(5)6)13(7)8;1-5-10(6-2)12(14)9-13(15)11(7-3)8-4;;/h2*6-14,16H,17H2,1-5H3;9-13,16-18H,1-8H3;9-11,14H,5-8H2,1-4H3;;/q2*-1;;;;. The van der Waals surface area contributed by atoms with Crippen molar-refractivity contribution in [3.63, 3.8) is 0 Å². The van der Waals surface area contributed by atoms with Gasteiger partial charge in [0.2, 0.25) is 0 Å². The zero-order valence-electron chi connectivity index (χ0n) is 65.9. The van der Waals surface area contributed by atoms with Crippen molar-refractivity contribution in [1.82, 2.24) is 9.97 Å². The minimum atomic E-state index is -4.25. The Morgan fingerprint density at radius 2 is 0.792 bits per heavy atom. The summed E-state index contributed by atoms with van der Waals surface area (Å²) in [5.74, 6) is 2.18. The van der Waals surface area contributed by atoms with Crippen molar-refractivity contribution in [2.45, 2.75) is 214 Å². The molecule has 10 aromatic rings. The molecule has 10 rings (SSSR count). The molecule has 0 bridgehead atoms. The van der Waals surface area contributed by atoms with Crippen molar-refractivity contribution < 1.29 is 86.4 Å². The molecule has 0 aliphatic carbocycles. The molecule has 578 valence electrons. The van der Waals surface area contributed by atoms with Gasteiger partial charge in [0.25, 0.3) is 0 Å². The second kappa shape index (κ2) is 37.1. The number of halogens is 6. The quantitative estimate of drug-likeness (QED) is 0.0341. The number of carbonyl (C=O) groups excluding carboxylic acids is 2. The summed E-state index contributed by atoms with van der Waals surface area (Å²) in [6.07, 6.45) is 1.39. The fourth-order valence-electron chi connectivity index (χ4n) is 14.3. The largest absolute Gasteiger partial charge is 0.512 e. The molecule has 0 saturated heterocycles. The molecule has 0 atom stereocenters.